The zero-order valence-corrected chi connectivity index (χ0v) is 11.1. The van der Waals surface area contributed by atoms with Crippen molar-refractivity contribution in [2.45, 2.75) is 0 Å². The van der Waals surface area contributed by atoms with Crippen molar-refractivity contribution in [3.05, 3.63) is 78.9 Å². The normalized spacial score (nSPS) is 10.1. The average Bonchev–Trinajstić information content (AvgIpc) is 2.57. The van der Waals surface area contributed by atoms with Crippen molar-refractivity contribution in [2.24, 2.45) is 0 Å². The zero-order valence-electron chi connectivity index (χ0n) is 11.1. The van der Waals surface area contributed by atoms with E-state index in [1.165, 1.54) is 6.33 Å². The Labute approximate surface area is 122 Å². The second-order valence-electron chi connectivity index (χ2n) is 4.41. The summed E-state index contributed by atoms with van der Waals surface area (Å²) >= 11 is 0. The van der Waals surface area contributed by atoms with Gasteiger partial charge in [0.15, 0.2) is 0 Å². The van der Waals surface area contributed by atoms with Crippen LogP contribution >= 0.6 is 0 Å². The molecule has 0 unspecified atom stereocenters. The van der Waals surface area contributed by atoms with Gasteiger partial charge in [0.25, 0.3) is 0 Å². The third-order valence-corrected chi connectivity index (χ3v) is 2.97. The first-order chi connectivity index (χ1) is 10.3. The van der Waals surface area contributed by atoms with Gasteiger partial charge in [0.2, 0.25) is 0 Å². The topological polar surface area (TPSA) is 52.1 Å². The number of hydrogen-bond acceptors (Lipinski definition) is 4. The van der Waals surface area contributed by atoms with Crippen LogP contribution in [-0.4, -0.2) is 15.9 Å². The Bertz CT molecular complexity index is 726. The molecule has 21 heavy (non-hydrogen) atoms. The first kappa shape index (κ1) is 13.0. The molecular formula is C17H12N2O2. The molecular weight excluding hydrogens is 264 g/mol. The Hall–Kier alpha value is -3.01. The number of ether oxygens (including phenoxy) is 1. The first-order valence-corrected chi connectivity index (χ1v) is 6.45. The molecule has 0 radical (unpaired) electrons. The van der Waals surface area contributed by atoms with E-state index in [1.54, 1.807) is 36.7 Å². The van der Waals surface area contributed by atoms with Crippen LogP contribution < -0.4 is 4.74 Å². The molecule has 0 amide bonds. The van der Waals surface area contributed by atoms with Gasteiger partial charge in [0, 0.05) is 18.0 Å². The van der Waals surface area contributed by atoms with Crippen molar-refractivity contribution in [3.8, 4) is 16.9 Å². The van der Waals surface area contributed by atoms with Crippen molar-refractivity contribution in [1.82, 2.24) is 9.97 Å². The fraction of sp³-hybridized carbons (Fsp3) is 0. The molecule has 0 aliphatic carbocycles. The van der Waals surface area contributed by atoms with Gasteiger partial charge in [-0.1, -0.05) is 30.3 Å². The number of hydrogen-bond donors (Lipinski definition) is 0. The van der Waals surface area contributed by atoms with E-state index in [0.29, 0.717) is 11.3 Å². The van der Waals surface area contributed by atoms with Crippen molar-refractivity contribution in [1.29, 1.82) is 0 Å². The second-order valence-corrected chi connectivity index (χ2v) is 4.41. The average molecular weight is 276 g/mol. The van der Waals surface area contributed by atoms with E-state index in [1.807, 2.05) is 30.3 Å². The molecule has 1 aromatic heterocycles. The van der Waals surface area contributed by atoms with Gasteiger partial charge < -0.3 is 4.74 Å². The largest absolute Gasteiger partial charge is 0.423 e. The van der Waals surface area contributed by atoms with Crippen LogP contribution in [0.4, 0.5) is 0 Å². The van der Waals surface area contributed by atoms with Crippen molar-refractivity contribution < 1.29 is 9.53 Å². The van der Waals surface area contributed by atoms with E-state index in [-0.39, 0.29) is 5.97 Å². The lowest BCUT2D eigenvalue weighted by atomic mass is 10.1. The number of para-hydroxylation sites is 1. The lowest BCUT2D eigenvalue weighted by molar-refractivity contribution is 0.0735. The number of benzene rings is 2. The number of aromatic nitrogens is 2. The van der Waals surface area contributed by atoms with E-state index in [9.17, 15) is 4.79 Å². The molecule has 3 rings (SSSR count). The molecule has 1 heterocycles. The Kier molecular flexibility index (Phi) is 3.69. The number of esters is 1. The maximum Gasteiger partial charge on any atom is 0.343 e. The van der Waals surface area contributed by atoms with Gasteiger partial charge in [0.05, 0.1) is 5.56 Å². The molecule has 0 spiro atoms. The highest BCUT2D eigenvalue weighted by molar-refractivity contribution is 5.91. The van der Waals surface area contributed by atoms with Crippen LogP contribution in [0.1, 0.15) is 10.4 Å². The molecule has 0 N–H and O–H groups in total. The fourth-order valence-electron chi connectivity index (χ4n) is 1.90. The van der Waals surface area contributed by atoms with Crippen molar-refractivity contribution in [2.75, 3.05) is 0 Å². The maximum atomic E-state index is 12.0. The summed E-state index contributed by atoms with van der Waals surface area (Å²) in [4.78, 5) is 20.0. The highest BCUT2D eigenvalue weighted by Crippen LogP contribution is 2.18. The van der Waals surface area contributed by atoms with E-state index in [4.69, 9.17) is 4.74 Å². The number of carbonyl (C=O) groups is 1. The molecule has 2 aromatic carbocycles. The molecule has 0 saturated heterocycles. The maximum absolute atomic E-state index is 12.0. The van der Waals surface area contributed by atoms with E-state index in [2.05, 4.69) is 9.97 Å². The van der Waals surface area contributed by atoms with Gasteiger partial charge >= 0.3 is 5.97 Å². The molecule has 0 bridgehead atoms. The highest BCUT2D eigenvalue weighted by atomic mass is 16.5. The first-order valence-electron chi connectivity index (χ1n) is 6.45. The third kappa shape index (κ3) is 3.12. The number of carbonyl (C=O) groups excluding carboxylic acids is 1. The van der Waals surface area contributed by atoms with Crippen LogP contribution in [0.2, 0.25) is 0 Å². The van der Waals surface area contributed by atoms with E-state index < -0.39 is 0 Å². The molecule has 4 nitrogen and oxygen atoms in total. The van der Waals surface area contributed by atoms with E-state index >= 15 is 0 Å². The minimum absolute atomic E-state index is 0.378. The minimum Gasteiger partial charge on any atom is -0.423 e. The van der Waals surface area contributed by atoms with Crippen molar-refractivity contribution >= 4 is 5.97 Å². The summed E-state index contributed by atoms with van der Waals surface area (Å²) in [5.41, 5.74) is 2.35. The van der Waals surface area contributed by atoms with E-state index in [0.717, 1.165) is 11.1 Å². The molecule has 0 aliphatic heterocycles. The Morgan fingerprint density at radius 1 is 0.810 bits per heavy atom. The van der Waals surface area contributed by atoms with Gasteiger partial charge in [-0.15, -0.1) is 0 Å². The molecule has 0 aliphatic rings. The summed E-state index contributed by atoms with van der Waals surface area (Å²) < 4.78 is 5.28. The predicted molar refractivity (Wildman–Crippen MR) is 78.9 cm³/mol. The molecule has 4 heteroatoms. The lowest BCUT2D eigenvalue weighted by Crippen LogP contribution is -2.08. The smallest absolute Gasteiger partial charge is 0.343 e. The summed E-state index contributed by atoms with van der Waals surface area (Å²) in [6.07, 6.45) is 4.93. The van der Waals surface area contributed by atoms with Crippen LogP contribution in [0.25, 0.3) is 11.1 Å². The zero-order chi connectivity index (χ0) is 14.5. The Morgan fingerprint density at radius 2 is 1.48 bits per heavy atom. The number of nitrogens with zero attached hydrogens (tertiary/aromatic N) is 2. The van der Waals surface area contributed by atoms with Crippen LogP contribution in [0.3, 0.4) is 0 Å². The highest BCUT2D eigenvalue weighted by Gasteiger charge is 2.08. The Balaban J connectivity index is 1.77. The second kappa shape index (κ2) is 5.96. The number of rotatable bonds is 3. The molecule has 0 fully saturated rings. The predicted octanol–water partition coefficient (Wildman–Crippen LogP) is 3.36. The van der Waals surface area contributed by atoms with Gasteiger partial charge in [-0.05, 0) is 29.8 Å². The summed E-state index contributed by atoms with van der Waals surface area (Å²) in [5.74, 6) is 0.153. The monoisotopic (exact) mass is 276 g/mol. The standard InChI is InChI=1S/C17H12N2O2/c20-17(21-16-4-2-1-3-5-16)14-8-6-13(7-9-14)15-10-18-12-19-11-15/h1-12H. The quantitative estimate of drug-likeness (QED) is 0.543. The van der Waals surface area contributed by atoms with Gasteiger partial charge in [0.1, 0.15) is 12.1 Å². The summed E-state index contributed by atoms with van der Waals surface area (Å²) in [6, 6.07) is 16.2. The summed E-state index contributed by atoms with van der Waals surface area (Å²) in [6.45, 7) is 0. The third-order valence-electron chi connectivity index (χ3n) is 2.97. The van der Waals surface area contributed by atoms with Gasteiger partial charge in [-0.2, -0.15) is 0 Å². The van der Waals surface area contributed by atoms with Crippen LogP contribution in [0.15, 0.2) is 73.3 Å². The van der Waals surface area contributed by atoms with Crippen LogP contribution in [0.5, 0.6) is 5.75 Å². The minimum atomic E-state index is -0.378. The molecule has 0 atom stereocenters. The lowest BCUT2D eigenvalue weighted by Gasteiger charge is -2.05. The van der Waals surface area contributed by atoms with Gasteiger partial charge in [-0.25, -0.2) is 14.8 Å². The summed E-state index contributed by atoms with van der Waals surface area (Å²) in [7, 11) is 0. The fourth-order valence-corrected chi connectivity index (χ4v) is 1.90. The van der Waals surface area contributed by atoms with Crippen molar-refractivity contribution in [3.63, 3.8) is 0 Å². The van der Waals surface area contributed by atoms with Gasteiger partial charge in [-0.3, -0.25) is 0 Å². The molecule has 102 valence electrons. The SMILES string of the molecule is O=C(Oc1ccccc1)c1ccc(-c2cncnc2)cc1. The summed E-state index contributed by atoms with van der Waals surface area (Å²) in [5, 5.41) is 0. The molecule has 3 aromatic rings. The van der Waals surface area contributed by atoms with Crippen LogP contribution in [-0.2, 0) is 0 Å². The molecule has 0 saturated carbocycles. The Morgan fingerprint density at radius 3 is 2.14 bits per heavy atom. The van der Waals surface area contributed by atoms with Crippen LogP contribution in [0, 0.1) is 0 Å².